The van der Waals surface area contributed by atoms with Gasteiger partial charge in [-0.25, -0.2) is 0 Å². The van der Waals surface area contributed by atoms with Crippen molar-refractivity contribution in [2.45, 2.75) is 6.92 Å². The van der Waals surface area contributed by atoms with Gasteiger partial charge in [0, 0.05) is 0 Å². The Morgan fingerprint density at radius 1 is 0.857 bits per heavy atom. The van der Waals surface area contributed by atoms with Crippen molar-refractivity contribution < 1.29 is 5.11 Å². The second-order valence-corrected chi connectivity index (χ2v) is 3.39. The van der Waals surface area contributed by atoms with Crippen LogP contribution >= 0.6 is 0 Å². The first-order valence-electron chi connectivity index (χ1n) is 4.60. The van der Waals surface area contributed by atoms with Gasteiger partial charge in [-0.05, 0) is 30.2 Å². The lowest BCUT2D eigenvalue weighted by atomic mass is 10.0. The lowest BCUT2D eigenvalue weighted by Gasteiger charge is -2.01. The molecule has 0 amide bonds. The summed E-state index contributed by atoms with van der Waals surface area (Å²) in [7, 11) is 0. The highest BCUT2D eigenvalue weighted by Crippen LogP contribution is 2.22. The molecular formula is C13H11O. The first-order valence-corrected chi connectivity index (χ1v) is 4.60. The van der Waals surface area contributed by atoms with Crippen molar-refractivity contribution in [2.75, 3.05) is 0 Å². The van der Waals surface area contributed by atoms with Gasteiger partial charge >= 0.3 is 0 Å². The molecule has 0 unspecified atom stereocenters. The van der Waals surface area contributed by atoms with Gasteiger partial charge in [-0.3, -0.25) is 5.11 Å². The average Bonchev–Trinajstić information content (AvgIpc) is 2.19. The van der Waals surface area contributed by atoms with Crippen molar-refractivity contribution >= 4 is 0 Å². The third-order valence-electron chi connectivity index (χ3n) is 2.21. The maximum atomic E-state index is 10.9. The molecule has 69 valence electrons. The normalized spacial score (nSPS) is 10.1. The number of hydrogen-bond donors (Lipinski definition) is 0. The summed E-state index contributed by atoms with van der Waals surface area (Å²) in [6.45, 7) is 2.06. The SMILES string of the molecule is Cc1cccc(-c2ccc([O])cc2)c1. The Hall–Kier alpha value is -1.76. The van der Waals surface area contributed by atoms with Gasteiger partial charge in [-0.2, -0.15) is 0 Å². The van der Waals surface area contributed by atoms with E-state index in [1.165, 1.54) is 5.56 Å². The van der Waals surface area contributed by atoms with Crippen LogP contribution in [0.1, 0.15) is 5.56 Å². The van der Waals surface area contributed by atoms with Crippen LogP contribution in [0.2, 0.25) is 0 Å². The van der Waals surface area contributed by atoms with Crippen molar-refractivity contribution in [1.82, 2.24) is 0 Å². The van der Waals surface area contributed by atoms with Crippen LogP contribution in [0.3, 0.4) is 0 Å². The van der Waals surface area contributed by atoms with Gasteiger partial charge in [0.25, 0.3) is 0 Å². The second-order valence-electron chi connectivity index (χ2n) is 3.39. The number of benzene rings is 2. The first-order chi connectivity index (χ1) is 6.75. The maximum Gasteiger partial charge on any atom is 0.178 e. The quantitative estimate of drug-likeness (QED) is 0.640. The molecule has 0 aliphatic carbocycles. The Balaban J connectivity index is 2.44. The lowest BCUT2D eigenvalue weighted by Crippen LogP contribution is -1.78. The molecule has 2 aromatic rings. The van der Waals surface area contributed by atoms with E-state index in [0.717, 1.165) is 11.1 Å². The van der Waals surface area contributed by atoms with E-state index in [1.807, 2.05) is 24.3 Å². The fourth-order valence-electron chi connectivity index (χ4n) is 1.47. The highest BCUT2D eigenvalue weighted by molar-refractivity contribution is 5.64. The summed E-state index contributed by atoms with van der Waals surface area (Å²) < 4.78 is 0. The molecule has 0 aliphatic rings. The van der Waals surface area contributed by atoms with Gasteiger partial charge in [-0.15, -0.1) is 0 Å². The van der Waals surface area contributed by atoms with Crippen LogP contribution in [0.25, 0.3) is 11.1 Å². The van der Waals surface area contributed by atoms with Gasteiger partial charge < -0.3 is 0 Å². The minimum Gasteiger partial charge on any atom is -0.290 e. The summed E-state index contributed by atoms with van der Waals surface area (Å²) in [5, 5.41) is 10.9. The van der Waals surface area contributed by atoms with E-state index in [2.05, 4.69) is 19.1 Å². The summed E-state index contributed by atoms with van der Waals surface area (Å²) in [5.74, 6) is 0.0569. The lowest BCUT2D eigenvalue weighted by molar-refractivity contribution is 0.355. The standard InChI is InChI=1S/C13H11O/c1-10-3-2-4-12(9-10)11-5-7-13(14)8-6-11/h2-9H,1H3. The molecule has 0 saturated carbocycles. The molecule has 2 rings (SSSR count). The van der Waals surface area contributed by atoms with Gasteiger partial charge in [0.15, 0.2) is 5.75 Å². The molecule has 0 N–H and O–H groups in total. The van der Waals surface area contributed by atoms with Gasteiger partial charge in [0.05, 0.1) is 0 Å². The highest BCUT2D eigenvalue weighted by Gasteiger charge is 1.97. The third-order valence-corrected chi connectivity index (χ3v) is 2.21. The van der Waals surface area contributed by atoms with Crippen molar-refractivity contribution in [3.8, 4) is 16.9 Å². The topological polar surface area (TPSA) is 19.9 Å². The van der Waals surface area contributed by atoms with Crippen LogP contribution < -0.4 is 0 Å². The zero-order valence-electron chi connectivity index (χ0n) is 8.03. The predicted octanol–water partition coefficient (Wildman–Crippen LogP) is 3.81. The van der Waals surface area contributed by atoms with Gasteiger partial charge in [0.2, 0.25) is 0 Å². The van der Waals surface area contributed by atoms with E-state index in [1.54, 1.807) is 12.1 Å². The number of rotatable bonds is 1. The van der Waals surface area contributed by atoms with E-state index in [4.69, 9.17) is 0 Å². The fraction of sp³-hybridized carbons (Fsp3) is 0.0769. The Morgan fingerprint density at radius 2 is 1.57 bits per heavy atom. The van der Waals surface area contributed by atoms with Crippen LogP contribution in [-0.2, 0) is 5.11 Å². The summed E-state index contributed by atoms with van der Waals surface area (Å²) in [5.41, 5.74) is 3.48. The monoisotopic (exact) mass is 183 g/mol. The van der Waals surface area contributed by atoms with Gasteiger partial charge in [0.1, 0.15) is 0 Å². The summed E-state index contributed by atoms with van der Waals surface area (Å²) in [6.07, 6.45) is 0. The second kappa shape index (κ2) is 3.54. The summed E-state index contributed by atoms with van der Waals surface area (Å²) >= 11 is 0. The smallest absolute Gasteiger partial charge is 0.178 e. The minimum atomic E-state index is 0.0569. The van der Waals surface area contributed by atoms with Gasteiger partial charge in [-0.1, -0.05) is 42.0 Å². The summed E-state index contributed by atoms with van der Waals surface area (Å²) in [4.78, 5) is 0. The average molecular weight is 183 g/mol. The molecule has 14 heavy (non-hydrogen) atoms. The fourth-order valence-corrected chi connectivity index (χ4v) is 1.47. The van der Waals surface area contributed by atoms with Crippen molar-refractivity contribution in [2.24, 2.45) is 0 Å². The van der Waals surface area contributed by atoms with Crippen molar-refractivity contribution in [3.63, 3.8) is 0 Å². The largest absolute Gasteiger partial charge is 0.290 e. The molecule has 0 aliphatic heterocycles. The Bertz CT molecular complexity index is 429. The van der Waals surface area contributed by atoms with Crippen LogP contribution in [0.5, 0.6) is 5.75 Å². The van der Waals surface area contributed by atoms with E-state index in [9.17, 15) is 5.11 Å². The Morgan fingerprint density at radius 3 is 2.21 bits per heavy atom. The van der Waals surface area contributed by atoms with E-state index in [0.29, 0.717) is 0 Å². The zero-order valence-corrected chi connectivity index (χ0v) is 8.03. The zero-order chi connectivity index (χ0) is 9.97. The van der Waals surface area contributed by atoms with E-state index >= 15 is 0 Å². The molecule has 1 nitrogen and oxygen atoms in total. The van der Waals surface area contributed by atoms with Crippen molar-refractivity contribution in [1.29, 1.82) is 0 Å². The number of aryl methyl sites for hydroxylation is 1. The van der Waals surface area contributed by atoms with E-state index < -0.39 is 0 Å². The molecule has 2 aromatic carbocycles. The molecule has 0 atom stereocenters. The molecule has 1 heteroatoms. The highest BCUT2D eigenvalue weighted by atomic mass is 16.3. The molecular weight excluding hydrogens is 172 g/mol. The maximum absolute atomic E-state index is 10.9. The molecule has 0 bridgehead atoms. The Kier molecular flexibility index (Phi) is 2.23. The molecule has 0 heterocycles. The predicted molar refractivity (Wildman–Crippen MR) is 56.7 cm³/mol. The molecule has 0 saturated heterocycles. The van der Waals surface area contributed by atoms with Crippen LogP contribution in [-0.4, -0.2) is 0 Å². The van der Waals surface area contributed by atoms with Crippen LogP contribution in [0.15, 0.2) is 48.5 Å². The minimum absolute atomic E-state index is 0.0569. The molecule has 0 fully saturated rings. The summed E-state index contributed by atoms with van der Waals surface area (Å²) in [6, 6.07) is 15.2. The van der Waals surface area contributed by atoms with Crippen LogP contribution in [0.4, 0.5) is 0 Å². The Labute approximate surface area is 83.6 Å². The first kappa shape index (κ1) is 8.82. The van der Waals surface area contributed by atoms with Crippen LogP contribution in [0, 0.1) is 6.92 Å². The third kappa shape index (κ3) is 1.77. The number of hydrogen-bond acceptors (Lipinski definition) is 0. The molecule has 0 aromatic heterocycles. The van der Waals surface area contributed by atoms with Crippen molar-refractivity contribution in [3.05, 3.63) is 54.1 Å². The molecule has 0 spiro atoms. The van der Waals surface area contributed by atoms with E-state index in [-0.39, 0.29) is 5.75 Å². The molecule has 1 radical (unpaired) electrons.